The summed E-state index contributed by atoms with van der Waals surface area (Å²) in [6.07, 6.45) is 0. The van der Waals surface area contributed by atoms with Crippen LogP contribution >= 0.6 is 23.2 Å². The second-order valence-corrected chi connectivity index (χ2v) is 10.5. The standard InChI is InChI=1S/C27H22Cl2N2O4S/c1-17-7-6-10-23(18(17)2)31-36(33,34)26-15-19(11-13-22(26)29)27(32)30-24-16-20(28)12-14-25(24)35-21-8-4-3-5-9-21/h3-16,31H,1-2H3,(H,30,32). The van der Waals surface area contributed by atoms with Crippen molar-refractivity contribution in [3.05, 3.63) is 112 Å². The van der Waals surface area contributed by atoms with Gasteiger partial charge in [0.25, 0.3) is 15.9 Å². The molecule has 0 bridgehead atoms. The van der Waals surface area contributed by atoms with Crippen LogP contribution in [0, 0.1) is 13.8 Å². The maximum atomic E-state index is 13.2. The summed E-state index contributed by atoms with van der Waals surface area (Å²) in [5, 5.41) is 3.12. The quantitative estimate of drug-likeness (QED) is 0.255. The molecule has 0 unspecified atom stereocenters. The van der Waals surface area contributed by atoms with E-state index in [-0.39, 0.29) is 15.5 Å². The molecule has 0 aliphatic heterocycles. The van der Waals surface area contributed by atoms with Crippen molar-refractivity contribution in [1.29, 1.82) is 0 Å². The highest BCUT2D eigenvalue weighted by atomic mass is 35.5. The number of nitrogens with one attached hydrogen (secondary N) is 2. The predicted octanol–water partition coefficient (Wildman–Crippen LogP) is 7.46. The van der Waals surface area contributed by atoms with E-state index in [2.05, 4.69) is 10.0 Å². The molecule has 0 aromatic heterocycles. The molecule has 0 fully saturated rings. The van der Waals surface area contributed by atoms with Gasteiger partial charge >= 0.3 is 0 Å². The highest BCUT2D eigenvalue weighted by molar-refractivity contribution is 7.92. The second kappa shape index (κ2) is 10.6. The fraction of sp³-hybridized carbons (Fsp3) is 0.0741. The molecule has 0 heterocycles. The van der Waals surface area contributed by atoms with Gasteiger partial charge in [0, 0.05) is 10.6 Å². The number of halogens is 2. The van der Waals surface area contributed by atoms with E-state index in [0.29, 0.717) is 27.9 Å². The summed E-state index contributed by atoms with van der Waals surface area (Å²) in [6, 6.07) is 23.2. The number of rotatable bonds is 7. The zero-order chi connectivity index (χ0) is 25.9. The summed E-state index contributed by atoms with van der Waals surface area (Å²) in [6.45, 7) is 3.70. The van der Waals surface area contributed by atoms with Gasteiger partial charge in [-0.05, 0) is 79.6 Å². The fourth-order valence-corrected chi connectivity index (χ4v) is 5.23. The molecule has 9 heteroatoms. The van der Waals surface area contributed by atoms with E-state index in [1.54, 1.807) is 42.5 Å². The first-order valence-electron chi connectivity index (χ1n) is 10.9. The third kappa shape index (κ3) is 5.82. The number of anilines is 2. The summed E-state index contributed by atoms with van der Waals surface area (Å²) in [5.74, 6) is 0.389. The maximum Gasteiger partial charge on any atom is 0.263 e. The summed E-state index contributed by atoms with van der Waals surface area (Å²) in [5.41, 5.74) is 2.57. The van der Waals surface area contributed by atoms with Gasteiger partial charge in [-0.2, -0.15) is 0 Å². The second-order valence-electron chi connectivity index (χ2n) is 8.01. The van der Waals surface area contributed by atoms with Crippen LogP contribution < -0.4 is 14.8 Å². The van der Waals surface area contributed by atoms with Crippen LogP contribution in [-0.4, -0.2) is 14.3 Å². The Morgan fingerprint density at radius 1 is 0.833 bits per heavy atom. The minimum absolute atomic E-state index is 0.0137. The summed E-state index contributed by atoms with van der Waals surface area (Å²) < 4.78 is 34.8. The normalized spacial score (nSPS) is 11.1. The molecule has 0 radical (unpaired) electrons. The van der Waals surface area contributed by atoms with Crippen molar-refractivity contribution in [2.75, 3.05) is 10.0 Å². The van der Waals surface area contributed by atoms with Gasteiger partial charge in [0.15, 0.2) is 5.75 Å². The Kier molecular flexibility index (Phi) is 7.54. The summed E-state index contributed by atoms with van der Waals surface area (Å²) in [4.78, 5) is 12.9. The molecule has 0 aliphatic carbocycles. The van der Waals surface area contributed by atoms with Gasteiger partial charge in [0.2, 0.25) is 0 Å². The molecule has 0 spiro atoms. The lowest BCUT2D eigenvalue weighted by Gasteiger charge is -2.15. The van der Waals surface area contributed by atoms with E-state index in [9.17, 15) is 13.2 Å². The first-order chi connectivity index (χ1) is 17.1. The predicted molar refractivity (Wildman–Crippen MR) is 144 cm³/mol. The molecular weight excluding hydrogens is 519 g/mol. The summed E-state index contributed by atoms with van der Waals surface area (Å²) in [7, 11) is -4.08. The Morgan fingerprint density at radius 3 is 2.33 bits per heavy atom. The molecule has 4 rings (SSSR count). The van der Waals surface area contributed by atoms with E-state index in [4.69, 9.17) is 27.9 Å². The summed E-state index contributed by atoms with van der Waals surface area (Å²) >= 11 is 12.4. The molecule has 0 atom stereocenters. The van der Waals surface area contributed by atoms with Gasteiger partial charge in [-0.1, -0.05) is 53.5 Å². The lowest BCUT2D eigenvalue weighted by atomic mass is 10.1. The van der Waals surface area contributed by atoms with Gasteiger partial charge < -0.3 is 10.1 Å². The van der Waals surface area contributed by atoms with Gasteiger partial charge in [-0.15, -0.1) is 0 Å². The maximum absolute atomic E-state index is 13.2. The molecule has 6 nitrogen and oxygen atoms in total. The Hall–Kier alpha value is -3.52. The SMILES string of the molecule is Cc1cccc(NS(=O)(=O)c2cc(C(=O)Nc3cc(Cl)ccc3Oc3ccccc3)ccc2Cl)c1C. The number of carbonyl (C=O) groups excluding carboxylic acids is 1. The molecule has 4 aromatic rings. The van der Waals surface area contributed by atoms with Crippen LogP contribution in [0.25, 0.3) is 0 Å². The molecule has 184 valence electrons. The van der Waals surface area contributed by atoms with E-state index in [0.717, 1.165) is 11.1 Å². The van der Waals surface area contributed by atoms with Crippen molar-refractivity contribution in [2.45, 2.75) is 18.7 Å². The van der Waals surface area contributed by atoms with E-state index in [1.165, 1.54) is 18.2 Å². The number of amides is 1. The average molecular weight is 541 g/mol. The minimum atomic E-state index is -4.08. The smallest absolute Gasteiger partial charge is 0.263 e. The minimum Gasteiger partial charge on any atom is -0.455 e. The molecule has 2 N–H and O–H groups in total. The van der Waals surface area contributed by atoms with E-state index >= 15 is 0 Å². The number of aryl methyl sites for hydroxylation is 1. The highest BCUT2D eigenvalue weighted by Gasteiger charge is 2.22. The number of hydrogen-bond acceptors (Lipinski definition) is 4. The van der Waals surface area contributed by atoms with Crippen LogP contribution in [0.15, 0.2) is 89.8 Å². The Balaban J connectivity index is 1.62. The fourth-order valence-electron chi connectivity index (χ4n) is 3.41. The Morgan fingerprint density at radius 2 is 1.58 bits per heavy atom. The van der Waals surface area contributed by atoms with Crippen LogP contribution in [-0.2, 0) is 10.0 Å². The molecule has 0 saturated carbocycles. The monoisotopic (exact) mass is 540 g/mol. The zero-order valence-corrected chi connectivity index (χ0v) is 21.7. The van der Waals surface area contributed by atoms with Crippen LogP contribution in [0.2, 0.25) is 10.0 Å². The third-order valence-corrected chi connectivity index (χ3v) is 7.57. The Bertz CT molecular complexity index is 1540. The van der Waals surface area contributed by atoms with Gasteiger partial charge in [0.1, 0.15) is 10.6 Å². The molecule has 0 aliphatic rings. The van der Waals surface area contributed by atoms with Gasteiger partial charge in [0.05, 0.1) is 16.4 Å². The Labute approximate surface area is 219 Å². The lowest BCUT2D eigenvalue weighted by molar-refractivity contribution is 0.102. The number of hydrogen-bond donors (Lipinski definition) is 2. The van der Waals surface area contributed by atoms with Crippen molar-refractivity contribution in [3.8, 4) is 11.5 Å². The number of sulfonamides is 1. The van der Waals surface area contributed by atoms with Crippen molar-refractivity contribution in [2.24, 2.45) is 0 Å². The number of carbonyl (C=O) groups is 1. The number of benzene rings is 4. The van der Waals surface area contributed by atoms with Gasteiger partial charge in [-0.25, -0.2) is 8.42 Å². The highest BCUT2D eigenvalue weighted by Crippen LogP contribution is 2.33. The first kappa shape index (κ1) is 25.6. The van der Waals surface area contributed by atoms with Crippen molar-refractivity contribution in [1.82, 2.24) is 0 Å². The van der Waals surface area contributed by atoms with Crippen LogP contribution in [0.3, 0.4) is 0 Å². The largest absolute Gasteiger partial charge is 0.455 e. The van der Waals surface area contributed by atoms with E-state index < -0.39 is 15.9 Å². The number of ether oxygens (including phenoxy) is 1. The third-order valence-electron chi connectivity index (χ3n) is 5.49. The topological polar surface area (TPSA) is 84.5 Å². The van der Waals surface area contributed by atoms with Crippen molar-refractivity contribution < 1.29 is 17.9 Å². The van der Waals surface area contributed by atoms with Crippen molar-refractivity contribution >= 4 is 50.5 Å². The van der Waals surface area contributed by atoms with Crippen molar-refractivity contribution in [3.63, 3.8) is 0 Å². The van der Waals surface area contributed by atoms with Crippen LogP contribution in [0.5, 0.6) is 11.5 Å². The van der Waals surface area contributed by atoms with Crippen LogP contribution in [0.1, 0.15) is 21.5 Å². The van der Waals surface area contributed by atoms with E-state index in [1.807, 2.05) is 38.1 Å². The van der Waals surface area contributed by atoms with Gasteiger partial charge in [-0.3, -0.25) is 9.52 Å². The molecule has 1 amide bonds. The first-order valence-corrected chi connectivity index (χ1v) is 13.1. The van der Waals surface area contributed by atoms with Crippen LogP contribution in [0.4, 0.5) is 11.4 Å². The lowest BCUT2D eigenvalue weighted by Crippen LogP contribution is -2.17. The number of para-hydroxylation sites is 1. The average Bonchev–Trinajstić information content (AvgIpc) is 2.84. The molecular formula is C27H22Cl2N2O4S. The molecule has 36 heavy (non-hydrogen) atoms. The molecule has 4 aromatic carbocycles. The zero-order valence-electron chi connectivity index (χ0n) is 19.4. The molecule has 0 saturated heterocycles.